The third-order valence-corrected chi connectivity index (χ3v) is 3.93. The lowest BCUT2D eigenvalue weighted by molar-refractivity contribution is 0.0584. The Morgan fingerprint density at radius 1 is 1.38 bits per heavy atom. The first-order valence-corrected chi connectivity index (χ1v) is 6.64. The molecule has 1 fully saturated rings. The van der Waals surface area contributed by atoms with Gasteiger partial charge < -0.3 is 10.5 Å². The van der Waals surface area contributed by atoms with E-state index in [1.807, 2.05) is 18.2 Å². The molecule has 2 N–H and O–H groups in total. The molecule has 88 valence electrons. The molecule has 0 radical (unpaired) electrons. The predicted octanol–water partition coefficient (Wildman–Crippen LogP) is 3.53. The van der Waals surface area contributed by atoms with Gasteiger partial charge in [-0.3, -0.25) is 0 Å². The summed E-state index contributed by atoms with van der Waals surface area (Å²) in [5, 5.41) is 0.752. The highest BCUT2D eigenvalue weighted by Gasteiger charge is 2.23. The standard InChI is InChI=1S/C12H15BrClNO/c13-9-1-2-11(14)10(7-9)12(15)8-3-5-16-6-4-8/h1-2,7-8,12H,3-6,15H2. The second kappa shape index (κ2) is 5.50. The molecule has 1 aliphatic rings. The zero-order valence-corrected chi connectivity index (χ0v) is 11.3. The van der Waals surface area contributed by atoms with E-state index in [1.54, 1.807) is 0 Å². The summed E-state index contributed by atoms with van der Waals surface area (Å²) in [6, 6.07) is 5.85. The molecule has 16 heavy (non-hydrogen) atoms. The summed E-state index contributed by atoms with van der Waals surface area (Å²) in [6.07, 6.45) is 2.04. The van der Waals surface area contributed by atoms with Crippen molar-refractivity contribution in [3.05, 3.63) is 33.3 Å². The van der Waals surface area contributed by atoms with Gasteiger partial charge >= 0.3 is 0 Å². The van der Waals surface area contributed by atoms with Crippen molar-refractivity contribution in [2.24, 2.45) is 11.7 Å². The number of benzene rings is 1. The fourth-order valence-electron chi connectivity index (χ4n) is 2.10. The van der Waals surface area contributed by atoms with E-state index in [2.05, 4.69) is 15.9 Å². The molecule has 0 saturated carbocycles. The van der Waals surface area contributed by atoms with Gasteiger partial charge in [0.05, 0.1) is 0 Å². The molecule has 1 saturated heterocycles. The number of ether oxygens (including phenoxy) is 1. The molecule has 4 heteroatoms. The number of halogens is 2. The van der Waals surface area contributed by atoms with Crippen LogP contribution in [-0.4, -0.2) is 13.2 Å². The van der Waals surface area contributed by atoms with Crippen LogP contribution in [0.15, 0.2) is 22.7 Å². The highest BCUT2D eigenvalue weighted by atomic mass is 79.9. The minimum atomic E-state index is 0.00824. The average Bonchev–Trinajstić information content (AvgIpc) is 2.32. The minimum Gasteiger partial charge on any atom is -0.381 e. The lowest BCUT2D eigenvalue weighted by Crippen LogP contribution is -2.27. The quantitative estimate of drug-likeness (QED) is 0.907. The Bertz CT molecular complexity index is 366. The van der Waals surface area contributed by atoms with Crippen LogP contribution < -0.4 is 5.73 Å². The number of nitrogens with two attached hydrogens (primary N) is 1. The van der Waals surface area contributed by atoms with Crippen molar-refractivity contribution in [2.45, 2.75) is 18.9 Å². The molecule has 0 aromatic heterocycles. The SMILES string of the molecule is NC(c1cc(Br)ccc1Cl)C1CCOCC1. The van der Waals surface area contributed by atoms with E-state index in [0.717, 1.165) is 41.1 Å². The molecule has 1 aromatic carbocycles. The molecular weight excluding hydrogens is 289 g/mol. The van der Waals surface area contributed by atoms with Crippen molar-refractivity contribution >= 4 is 27.5 Å². The molecule has 2 rings (SSSR count). The van der Waals surface area contributed by atoms with Gasteiger partial charge in [-0.05, 0) is 42.5 Å². The molecule has 0 aliphatic carbocycles. The topological polar surface area (TPSA) is 35.2 Å². The van der Waals surface area contributed by atoms with Crippen LogP contribution in [0.25, 0.3) is 0 Å². The van der Waals surface area contributed by atoms with Crippen molar-refractivity contribution in [2.75, 3.05) is 13.2 Å². The van der Waals surface area contributed by atoms with Crippen LogP contribution >= 0.6 is 27.5 Å². The van der Waals surface area contributed by atoms with Crippen LogP contribution in [0.2, 0.25) is 5.02 Å². The summed E-state index contributed by atoms with van der Waals surface area (Å²) >= 11 is 9.63. The second-order valence-electron chi connectivity index (χ2n) is 4.14. The van der Waals surface area contributed by atoms with Gasteiger partial charge in [0.15, 0.2) is 0 Å². The zero-order valence-electron chi connectivity index (χ0n) is 8.96. The second-order valence-corrected chi connectivity index (χ2v) is 5.46. The summed E-state index contributed by atoms with van der Waals surface area (Å²) in [5.41, 5.74) is 7.31. The Morgan fingerprint density at radius 3 is 2.75 bits per heavy atom. The van der Waals surface area contributed by atoms with E-state index >= 15 is 0 Å². The maximum Gasteiger partial charge on any atom is 0.0469 e. The van der Waals surface area contributed by atoms with Crippen LogP contribution in [-0.2, 0) is 4.74 Å². The molecular formula is C12H15BrClNO. The summed E-state index contributed by atoms with van der Waals surface area (Å²) in [6.45, 7) is 1.62. The molecule has 0 spiro atoms. The number of hydrogen-bond donors (Lipinski definition) is 1. The highest BCUT2D eigenvalue weighted by Crippen LogP contribution is 2.33. The fourth-order valence-corrected chi connectivity index (χ4v) is 2.72. The summed E-state index contributed by atoms with van der Waals surface area (Å²) < 4.78 is 6.36. The lowest BCUT2D eigenvalue weighted by Gasteiger charge is -2.28. The highest BCUT2D eigenvalue weighted by molar-refractivity contribution is 9.10. The van der Waals surface area contributed by atoms with Crippen LogP contribution in [0, 0.1) is 5.92 Å². The molecule has 1 aliphatic heterocycles. The Labute approximate surface area is 109 Å². The van der Waals surface area contributed by atoms with Gasteiger partial charge in [-0.2, -0.15) is 0 Å². The Balaban J connectivity index is 2.18. The molecule has 0 amide bonds. The van der Waals surface area contributed by atoms with Crippen molar-refractivity contribution in [3.63, 3.8) is 0 Å². The van der Waals surface area contributed by atoms with E-state index in [9.17, 15) is 0 Å². The van der Waals surface area contributed by atoms with Crippen molar-refractivity contribution in [3.8, 4) is 0 Å². The van der Waals surface area contributed by atoms with Crippen LogP contribution in [0.4, 0.5) is 0 Å². The Morgan fingerprint density at radius 2 is 2.06 bits per heavy atom. The van der Waals surface area contributed by atoms with E-state index < -0.39 is 0 Å². The molecule has 1 heterocycles. The first kappa shape index (κ1) is 12.4. The van der Waals surface area contributed by atoms with E-state index in [0.29, 0.717) is 5.92 Å². The van der Waals surface area contributed by atoms with Gasteiger partial charge in [0.25, 0.3) is 0 Å². The predicted molar refractivity (Wildman–Crippen MR) is 69.6 cm³/mol. The van der Waals surface area contributed by atoms with Crippen LogP contribution in [0.3, 0.4) is 0 Å². The molecule has 2 nitrogen and oxygen atoms in total. The molecule has 1 atom stereocenters. The van der Waals surface area contributed by atoms with Gasteiger partial charge in [-0.15, -0.1) is 0 Å². The molecule has 1 unspecified atom stereocenters. The van der Waals surface area contributed by atoms with Gasteiger partial charge in [-0.1, -0.05) is 27.5 Å². The maximum absolute atomic E-state index is 6.28. The summed E-state index contributed by atoms with van der Waals surface area (Å²) in [7, 11) is 0. The van der Waals surface area contributed by atoms with Gasteiger partial charge in [0.2, 0.25) is 0 Å². The molecule has 0 bridgehead atoms. The largest absolute Gasteiger partial charge is 0.381 e. The first-order chi connectivity index (χ1) is 7.68. The average molecular weight is 305 g/mol. The van der Waals surface area contributed by atoms with Gasteiger partial charge in [0, 0.05) is 28.8 Å². The Kier molecular flexibility index (Phi) is 4.25. The van der Waals surface area contributed by atoms with Crippen LogP contribution in [0.5, 0.6) is 0 Å². The minimum absolute atomic E-state index is 0.00824. The maximum atomic E-state index is 6.28. The summed E-state index contributed by atoms with van der Waals surface area (Å²) in [4.78, 5) is 0. The first-order valence-electron chi connectivity index (χ1n) is 5.47. The van der Waals surface area contributed by atoms with Crippen molar-refractivity contribution in [1.82, 2.24) is 0 Å². The molecule has 1 aromatic rings. The number of hydrogen-bond acceptors (Lipinski definition) is 2. The van der Waals surface area contributed by atoms with Gasteiger partial charge in [-0.25, -0.2) is 0 Å². The normalized spacial score (nSPS) is 19.7. The number of rotatable bonds is 2. The van der Waals surface area contributed by atoms with Crippen molar-refractivity contribution < 1.29 is 4.74 Å². The van der Waals surface area contributed by atoms with E-state index in [-0.39, 0.29) is 6.04 Å². The van der Waals surface area contributed by atoms with Crippen molar-refractivity contribution in [1.29, 1.82) is 0 Å². The third kappa shape index (κ3) is 2.77. The van der Waals surface area contributed by atoms with E-state index in [4.69, 9.17) is 22.1 Å². The van der Waals surface area contributed by atoms with Gasteiger partial charge in [0.1, 0.15) is 0 Å². The smallest absolute Gasteiger partial charge is 0.0469 e. The monoisotopic (exact) mass is 303 g/mol. The summed E-state index contributed by atoms with van der Waals surface area (Å²) in [5.74, 6) is 0.473. The van der Waals surface area contributed by atoms with Crippen LogP contribution in [0.1, 0.15) is 24.4 Å². The lowest BCUT2D eigenvalue weighted by atomic mass is 9.88. The third-order valence-electron chi connectivity index (χ3n) is 3.09. The zero-order chi connectivity index (χ0) is 11.5. The Hall–Kier alpha value is -0.0900. The van der Waals surface area contributed by atoms with E-state index in [1.165, 1.54) is 0 Å². The fraction of sp³-hybridized carbons (Fsp3) is 0.500.